The van der Waals surface area contributed by atoms with E-state index in [9.17, 15) is 9.36 Å². The van der Waals surface area contributed by atoms with Crippen molar-refractivity contribution in [1.82, 2.24) is 6.15 Å². The fraction of sp³-hybridized carbons (Fsp3) is 0.219. The number of nitrogens with one attached hydrogen (secondary N) is 1. The fourth-order valence-electron chi connectivity index (χ4n) is 4.37. The predicted molar refractivity (Wildman–Crippen MR) is 475 cm³/mol. The van der Waals surface area contributed by atoms with Crippen molar-refractivity contribution >= 4 is 316 Å². The summed E-state index contributed by atoms with van der Waals surface area (Å²) in [7, 11) is 4.34. The van der Waals surface area contributed by atoms with Crippen LogP contribution in [0.15, 0.2) is 219 Å². The second kappa shape index (κ2) is 110. The number of carbonyl (C=O) groups is 2. The van der Waals surface area contributed by atoms with E-state index >= 15 is 0 Å². The quantitative estimate of drug-likeness (QED) is 0.00955. The number of halogens is 10. The summed E-state index contributed by atoms with van der Waals surface area (Å²) in [6, 6.07) is 57.7. The van der Waals surface area contributed by atoms with E-state index in [4.69, 9.17) is 39.4 Å². The molecule has 0 atom stereocenters. The normalized spacial score (nSPS) is 7.67. The average Bonchev–Trinajstić information content (AvgIpc) is 1.72. The Morgan fingerprint density at radius 1 is 0.663 bits per heavy atom. The number of hydrogen-bond acceptors (Lipinski definition) is 11. The number of nitrogen functional groups attached to an aromatic ring is 3. The van der Waals surface area contributed by atoms with Gasteiger partial charge in [0.15, 0.2) is 0 Å². The second-order valence-electron chi connectivity index (χ2n) is 12.6. The van der Waals surface area contributed by atoms with Crippen molar-refractivity contribution < 1.29 is 56.1 Å². The number of amidine groups is 1. The van der Waals surface area contributed by atoms with Crippen molar-refractivity contribution in [2.45, 2.75) is 96.9 Å². The number of amides is 1. The van der Waals surface area contributed by atoms with E-state index in [1.165, 1.54) is 9.65 Å². The Morgan fingerprint density at radius 3 is 1.29 bits per heavy atom. The number of carboxylic acid groups (broad SMARTS) is 1. The number of nitrogens with zero attached hydrogens (tertiary/aromatic N) is 4. The van der Waals surface area contributed by atoms with E-state index in [-0.39, 0.29) is 53.7 Å². The van der Waals surface area contributed by atoms with Gasteiger partial charge in [0.05, 0.1) is 12.3 Å². The molecular weight excluding hydrogens is 2250 g/mol. The van der Waals surface area contributed by atoms with Crippen LogP contribution in [0.3, 0.4) is 0 Å². The van der Waals surface area contributed by atoms with Crippen LogP contribution in [0.5, 0.6) is 0 Å². The van der Waals surface area contributed by atoms with Crippen LogP contribution < -0.4 is 34.4 Å². The molecule has 1 amide bonds. The number of thiol groups is 1. The van der Waals surface area contributed by atoms with Gasteiger partial charge in [-0.3, -0.25) is 19.1 Å². The maximum absolute atomic E-state index is 9.99. The zero-order chi connectivity index (χ0) is 75.7. The van der Waals surface area contributed by atoms with Gasteiger partial charge >= 0.3 is 285 Å². The van der Waals surface area contributed by atoms with Gasteiger partial charge in [0.2, 0.25) is 12.1 Å². The summed E-state index contributed by atoms with van der Waals surface area (Å²) in [4.78, 5) is 32.9. The van der Waals surface area contributed by atoms with E-state index in [1.54, 1.807) is 26.4 Å². The van der Waals surface area contributed by atoms with Gasteiger partial charge in [-0.05, 0) is 102 Å². The Bertz CT molecular complexity index is 3100. The Morgan fingerprint density at radius 2 is 0.990 bits per heavy atom. The Hall–Kier alpha value is -0.563. The molecule has 1 aromatic heterocycles. The molecule has 0 saturated carbocycles. The third-order valence-corrected chi connectivity index (χ3v) is 13.1. The zero-order valence-electron chi connectivity index (χ0n) is 56.8. The SMILES string of the molecule is CC.CC.CC.CC.CC.CC.CC.N.NC([Se])=Nc1ccccc1Br.Nc1cc2ccccc2[se]1.Nc1ccccc1.Nc1ccccc1Br.O.O=CNc1ccccc1Br.O=CO.O=P(Cl)(Cl)Cl.[B]=NS.[C-]#[N+]c1ccccc1Br.[CH2-]I.[Cu][I].[Se].[Se]=C=Nc1ccccc1Br.[V]. The summed E-state index contributed by atoms with van der Waals surface area (Å²) in [6.07, 6.45) is 0.653. The maximum Gasteiger partial charge on any atom is 0 e. The van der Waals surface area contributed by atoms with Gasteiger partial charge in [-0.15, -0.1) is 0 Å². The minimum atomic E-state index is -3.22. The van der Waals surface area contributed by atoms with Gasteiger partial charge < -0.3 is 56.1 Å². The molecule has 0 bridgehead atoms. The molecule has 34 heteroatoms. The van der Waals surface area contributed by atoms with Crippen molar-refractivity contribution in [3.8, 4) is 0 Å². The molecule has 0 saturated heterocycles. The predicted octanol–water partition coefficient (Wildman–Crippen LogP) is 24.4. The van der Waals surface area contributed by atoms with Crippen LogP contribution in [0, 0.1) is 11.5 Å². The van der Waals surface area contributed by atoms with Crippen LogP contribution in [-0.4, -0.2) is 104 Å². The summed E-state index contributed by atoms with van der Waals surface area (Å²) in [5, 5.41) is 7.52. The summed E-state index contributed by atoms with van der Waals surface area (Å²) in [5.41, 5.74) is 26.7. The number of aliphatic imine (C=N–C) groups is 2. The van der Waals surface area contributed by atoms with Crippen LogP contribution in [0.1, 0.15) is 96.9 Å². The van der Waals surface area contributed by atoms with Crippen LogP contribution in [-0.2, 0) is 45.5 Å². The largest absolute Gasteiger partial charge is 0 e. The van der Waals surface area contributed by atoms with Crippen LogP contribution in [0.4, 0.5) is 38.7 Å². The smallest absolute Gasteiger partial charge is 0 e. The van der Waals surface area contributed by atoms with E-state index in [2.05, 4.69) is 237 Å². The number of nitrogens with two attached hydrogens (primary N) is 4. The van der Waals surface area contributed by atoms with Crippen molar-refractivity contribution in [1.29, 1.82) is 0 Å². The number of hydrogen-bond donors (Lipinski definition) is 8. The Labute approximate surface area is 728 Å². The van der Waals surface area contributed by atoms with Crippen LogP contribution in [0.25, 0.3) is 14.5 Å². The monoisotopic (exact) mass is 2340 g/mol. The van der Waals surface area contributed by atoms with Gasteiger partial charge in [-0.1, -0.05) is 180 Å². The molecule has 0 aliphatic heterocycles. The number of benzene rings is 7. The molecular formula is C64H92BBr5Cl3CuI2N10O5PSSe4V-. The molecule has 15 N–H and O–H groups in total. The molecule has 15 nitrogen and oxygen atoms in total. The molecule has 0 aliphatic carbocycles. The third kappa shape index (κ3) is 97.5. The summed E-state index contributed by atoms with van der Waals surface area (Å²) in [5.74, 6) is 0. The minimum Gasteiger partial charge on any atom is 0 e. The minimum absolute atomic E-state index is 0. The van der Waals surface area contributed by atoms with Crippen molar-refractivity contribution in [2.75, 3.05) is 22.5 Å². The summed E-state index contributed by atoms with van der Waals surface area (Å²) in [6.45, 7) is 34.4. The van der Waals surface area contributed by atoms with E-state index in [0.29, 0.717) is 31.3 Å². The van der Waals surface area contributed by atoms with E-state index in [0.717, 1.165) is 55.4 Å². The average molecular weight is 2350 g/mol. The van der Waals surface area contributed by atoms with Gasteiger partial charge in [-0.2, -0.15) is 0 Å². The van der Waals surface area contributed by atoms with E-state index in [1.807, 2.05) is 271 Å². The topological polar surface area (TPSA) is 295 Å². The number of para-hydroxylation sites is 6. The molecule has 98 heavy (non-hydrogen) atoms. The number of rotatable bonds is 4. The van der Waals surface area contributed by atoms with Crippen LogP contribution in [0.2, 0.25) is 0 Å². The molecule has 0 spiro atoms. The molecule has 7 aromatic carbocycles. The molecule has 8 rings (SSSR count). The van der Waals surface area contributed by atoms with Gasteiger partial charge in [-0.25, -0.2) is 4.85 Å². The number of fused-ring (bicyclic) bond motifs is 1. The van der Waals surface area contributed by atoms with E-state index < -0.39 is 5.20 Å². The van der Waals surface area contributed by atoms with Crippen molar-refractivity contribution in [2.24, 2.45) is 20.0 Å². The molecule has 0 unspecified atom stereocenters. The maximum atomic E-state index is 9.99. The third-order valence-electron chi connectivity index (χ3n) is 7.31. The first kappa shape index (κ1) is 133. The summed E-state index contributed by atoms with van der Waals surface area (Å²) >= 11 is 46.9. The first-order chi connectivity index (χ1) is 45.1. The number of anilines is 4. The Kier molecular flexibility index (Phi) is 149. The number of carbonyl (C=O) groups excluding carboxylic acids is 1. The van der Waals surface area contributed by atoms with Gasteiger partial charge in [0.1, 0.15) is 0 Å². The Balaban J connectivity index is -0.0000000590. The second-order valence-corrected chi connectivity index (χ2v) is 27.3. The van der Waals surface area contributed by atoms with Crippen molar-refractivity contribution in [3.63, 3.8) is 0 Å². The summed E-state index contributed by atoms with van der Waals surface area (Å²) < 4.78 is 22.3. The molecule has 1 heterocycles. The van der Waals surface area contributed by atoms with Crippen LogP contribution >= 0.6 is 174 Å². The molecule has 553 valence electrons. The van der Waals surface area contributed by atoms with Gasteiger partial charge in [0.25, 0.3) is 6.47 Å². The standard InChI is InChI=1S/C8H7NSe.C7H6BrN2Se.C7H6BrNO.C7H4BrNSe.C7H4BrN.C6H6BrN.C6H7N.7C2H6.CH2I.CH2O2.BHNS.Cl3OP.Cu.HI.H3N.H2O.Se.V/c9-8-5-6-3-1-2-4-7(6)10-8;8-5-3-1-2-4-6(5)10-7(9)11;2*8-6-3-1-2-4-7(6)9-5-10;1-9-7-5-3-2-4-6(7)8;7-5-3-1-2-4-6(5)8;7-6-4-2-1-3-5-6;8*1-2;2-1-3;1-2-3;1-5(2,3)4;;;;;;/h1-5H,9H2;1-4H,(H2,9,10);1-5H,(H,9,10);1-4H;2-5H;1-4H,8H2;1-5H,7H2;7*1-2H3;1H2;1H,(H,2,3);3H;;;1H;1H3;1H2;;/q;;;;;;;;;;;;;;-1;;;;+1;;;;;/p-1. The van der Waals surface area contributed by atoms with Crippen molar-refractivity contribution in [3.05, 3.63) is 221 Å². The van der Waals surface area contributed by atoms with Gasteiger partial charge in [0, 0.05) is 60.4 Å². The molecule has 5 radical (unpaired) electrons. The first-order valence-electron chi connectivity index (χ1n) is 27.5. The fourth-order valence-corrected chi connectivity index (χ4v) is 8.33. The molecule has 0 aliphatic rings. The first-order valence-corrected chi connectivity index (χ1v) is 44.3. The molecule has 8 aromatic rings. The zero-order valence-corrected chi connectivity index (χ0v) is 82.3. The molecule has 0 fully saturated rings.